The third kappa shape index (κ3) is 3.10. The lowest BCUT2D eigenvalue weighted by atomic mass is 9.95. The Labute approximate surface area is 158 Å². The van der Waals surface area contributed by atoms with E-state index in [0.717, 1.165) is 22.0 Å². The fourth-order valence-corrected chi connectivity index (χ4v) is 3.90. The molecule has 1 aromatic heterocycles. The zero-order chi connectivity index (χ0) is 19.0. The van der Waals surface area contributed by atoms with Gasteiger partial charge in [0.2, 0.25) is 11.8 Å². The standard InChI is InChI=1S/C22H23N3O2/c1-24-19(12-15-8-4-3-5-9-15)21(26)25(2)20(22(24)27)13-16-14-23-18-11-7-6-10-17(16)18/h3-11,14,19-20,23H,12-13H2,1-2H3/t19-,20-/m0/s1. The first-order valence-electron chi connectivity index (χ1n) is 9.18. The summed E-state index contributed by atoms with van der Waals surface area (Å²) in [7, 11) is 3.48. The molecular weight excluding hydrogens is 338 g/mol. The quantitative estimate of drug-likeness (QED) is 0.777. The van der Waals surface area contributed by atoms with Crippen LogP contribution in [0.4, 0.5) is 0 Å². The molecule has 138 valence electrons. The van der Waals surface area contributed by atoms with Crippen LogP contribution in [0.1, 0.15) is 11.1 Å². The molecule has 0 bridgehead atoms. The van der Waals surface area contributed by atoms with Crippen LogP contribution in [0.25, 0.3) is 10.9 Å². The van der Waals surface area contributed by atoms with E-state index < -0.39 is 12.1 Å². The monoisotopic (exact) mass is 361 g/mol. The summed E-state index contributed by atoms with van der Waals surface area (Å²) in [4.78, 5) is 32.6. The molecule has 4 rings (SSSR count). The van der Waals surface area contributed by atoms with Crippen LogP contribution in [0.2, 0.25) is 0 Å². The minimum absolute atomic E-state index is 0.00852. The second-order valence-electron chi connectivity index (χ2n) is 7.18. The molecule has 27 heavy (non-hydrogen) atoms. The lowest BCUT2D eigenvalue weighted by molar-refractivity contribution is -0.158. The molecule has 1 fully saturated rings. The lowest BCUT2D eigenvalue weighted by Crippen LogP contribution is -2.63. The van der Waals surface area contributed by atoms with E-state index in [4.69, 9.17) is 0 Å². The van der Waals surface area contributed by atoms with E-state index in [9.17, 15) is 9.59 Å². The molecule has 5 nitrogen and oxygen atoms in total. The maximum absolute atomic E-state index is 13.1. The zero-order valence-electron chi connectivity index (χ0n) is 15.6. The van der Waals surface area contributed by atoms with Crippen molar-refractivity contribution in [3.05, 3.63) is 71.9 Å². The molecule has 1 aliphatic heterocycles. The van der Waals surface area contributed by atoms with Gasteiger partial charge in [0.25, 0.3) is 0 Å². The smallest absolute Gasteiger partial charge is 0.246 e. The van der Waals surface area contributed by atoms with Gasteiger partial charge in [0.05, 0.1) is 0 Å². The first-order valence-corrected chi connectivity index (χ1v) is 9.18. The normalized spacial score (nSPS) is 20.5. The van der Waals surface area contributed by atoms with Gasteiger partial charge in [-0.05, 0) is 17.2 Å². The molecule has 1 saturated heterocycles. The van der Waals surface area contributed by atoms with Gasteiger partial charge in [0.1, 0.15) is 12.1 Å². The number of aromatic amines is 1. The average molecular weight is 361 g/mol. The molecule has 2 heterocycles. The number of rotatable bonds is 4. The number of amides is 2. The van der Waals surface area contributed by atoms with Crippen molar-refractivity contribution in [2.75, 3.05) is 14.1 Å². The molecule has 3 aromatic rings. The van der Waals surface area contributed by atoms with Crippen LogP contribution in [0.3, 0.4) is 0 Å². The molecule has 2 aromatic carbocycles. The van der Waals surface area contributed by atoms with Crippen molar-refractivity contribution in [2.24, 2.45) is 0 Å². The van der Waals surface area contributed by atoms with E-state index in [-0.39, 0.29) is 11.8 Å². The van der Waals surface area contributed by atoms with Gasteiger partial charge in [-0.15, -0.1) is 0 Å². The first-order chi connectivity index (χ1) is 13.1. The SMILES string of the molecule is CN1C(=O)[C@H](Cc2c[nH]c3ccccc23)N(C)C(=O)[C@@H]1Cc1ccccc1. The highest BCUT2D eigenvalue weighted by Crippen LogP contribution is 2.25. The van der Waals surface area contributed by atoms with E-state index in [1.165, 1.54) is 0 Å². The van der Waals surface area contributed by atoms with Crippen molar-refractivity contribution in [3.63, 3.8) is 0 Å². The minimum atomic E-state index is -0.478. The number of piperazine rings is 1. The fraction of sp³-hybridized carbons (Fsp3) is 0.273. The molecule has 0 aliphatic carbocycles. The van der Waals surface area contributed by atoms with Crippen LogP contribution < -0.4 is 0 Å². The second-order valence-corrected chi connectivity index (χ2v) is 7.18. The summed E-state index contributed by atoms with van der Waals surface area (Å²) in [6.07, 6.45) is 2.98. The Hall–Kier alpha value is -3.08. The summed E-state index contributed by atoms with van der Waals surface area (Å²) in [5, 5.41) is 1.10. The summed E-state index contributed by atoms with van der Waals surface area (Å²) >= 11 is 0. The number of hydrogen-bond donors (Lipinski definition) is 1. The number of fused-ring (bicyclic) bond motifs is 1. The highest BCUT2D eigenvalue weighted by molar-refractivity contribution is 5.97. The summed E-state index contributed by atoms with van der Waals surface area (Å²) in [6.45, 7) is 0. The summed E-state index contributed by atoms with van der Waals surface area (Å²) in [5.74, 6) is -0.0193. The number of para-hydroxylation sites is 1. The van der Waals surface area contributed by atoms with Crippen molar-refractivity contribution in [1.82, 2.24) is 14.8 Å². The first kappa shape index (κ1) is 17.3. The van der Waals surface area contributed by atoms with Crippen molar-refractivity contribution in [2.45, 2.75) is 24.9 Å². The molecule has 1 N–H and O–H groups in total. The van der Waals surface area contributed by atoms with Crippen LogP contribution in [0.15, 0.2) is 60.8 Å². The molecule has 0 saturated carbocycles. The van der Waals surface area contributed by atoms with E-state index in [1.54, 1.807) is 23.9 Å². The van der Waals surface area contributed by atoms with Crippen LogP contribution in [0, 0.1) is 0 Å². The number of benzene rings is 2. The van der Waals surface area contributed by atoms with Gasteiger partial charge in [-0.25, -0.2) is 0 Å². The van der Waals surface area contributed by atoms with Crippen LogP contribution in [-0.4, -0.2) is 52.8 Å². The van der Waals surface area contributed by atoms with Gasteiger partial charge in [-0.2, -0.15) is 0 Å². The average Bonchev–Trinajstić information content (AvgIpc) is 3.11. The van der Waals surface area contributed by atoms with Crippen LogP contribution >= 0.6 is 0 Å². The maximum atomic E-state index is 13.1. The Bertz CT molecular complexity index is 979. The highest BCUT2D eigenvalue weighted by Gasteiger charge is 2.42. The Balaban J connectivity index is 1.57. The summed E-state index contributed by atoms with van der Waals surface area (Å²) in [5.41, 5.74) is 3.15. The Morgan fingerprint density at radius 2 is 1.41 bits per heavy atom. The number of likely N-dealkylation sites (N-methyl/N-ethyl adjacent to an activating group) is 2. The van der Waals surface area contributed by atoms with Crippen molar-refractivity contribution < 1.29 is 9.59 Å². The number of carbonyl (C=O) groups excluding carboxylic acids is 2. The van der Waals surface area contributed by atoms with Crippen molar-refractivity contribution in [3.8, 4) is 0 Å². The molecule has 5 heteroatoms. The van der Waals surface area contributed by atoms with Gasteiger partial charge in [-0.3, -0.25) is 9.59 Å². The Kier molecular flexibility index (Phi) is 4.44. The fourth-order valence-electron chi connectivity index (χ4n) is 3.90. The van der Waals surface area contributed by atoms with Gasteiger partial charge in [-0.1, -0.05) is 48.5 Å². The summed E-state index contributed by atoms with van der Waals surface area (Å²) in [6, 6.07) is 16.9. The van der Waals surface area contributed by atoms with E-state index in [2.05, 4.69) is 4.98 Å². The second kappa shape index (κ2) is 6.91. The number of aromatic nitrogens is 1. The predicted molar refractivity (Wildman–Crippen MR) is 105 cm³/mol. The van der Waals surface area contributed by atoms with Crippen LogP contribution in [0.5, 0.6) is 0 Å². The number of nitrogens with zero attached hydrogens (tertiary/aromatic N) is 2. The van der Waals surface area contributed by atoms with E-state index in [0.29, 0.717) is 12.8 Å². The van der Waals surface area contributed by atoms with Gasteiger partial charge < -0.3 is 14.8 Å². The van der Waals surface area contributed by atoms with E-state index >= 15 is 0 Å². The van der Waals surface area contributed by atoms with Gasteiger partial charge >= 0.3 is 0 Å². The molecule has 0 radical (unpaired) electrons. The minimum Gasteiger partial charge on any atom is -0.361 e. The molecule has 0 spiro atoms. The number of H-pyrrole nitrogens is 1. The molecular formula is C22H23N3O2. The topological polar surface area (TPSA) is 56.4 Å². The van der Waals surface area contributed by atoms with E-state index in [1.807, 2.05) is 60.8 Å². The Morgan fingerprint density at radius 3 is 2.11 bits per heavy atom. The number of carbonyl (C=O) groups is 2. The van der Waals surface area contributed by atoms with Gasteiger partial charge in [0.15, 0.2) is 0 Å². The predicted octanol–water partition coefficient (Wildman–Crippen LogP) is 2.62. The third-order valence-electron chi connectivity index (χ3n) is 5.56. The van der Waals surface area contributed by atoms with Gasteiger partial charge in [0, 0.05) is 44.0 Å². The number of nitrogens with one attached hydrogen (secondary N) is 1. The maximum Gasteiger partial charge on any atom is 0.246 e. The van der Waals surface area contributed by atoms with Crippen LogP contribution in [-0.2, 0) is 22.4 Å². The van der Waals surface area contributed by atoms with Crippen molar-refractivity contribution >= 4 is 22.7 Å². The largest absolute Gasteiger partial charge is 0.361 e. The molecule has 1 aliphatic rings. The number of hydrogen-bond acceptors (Lipinski definition) is 2. The molecule has 2 amide bonds. The molecule has 2 atom stereocenters. The van der Waals surface area contributed by atoms with Crippen molar-refractivity contribution in [1.29, 1.82) is 0 Å². The third-order valence-corrected chi connectivity index (χ3v) is 5.56. The highest BCUT2D eigenvalue weighted by atomic mass is 16.2. The lowest BCUT2D eigenvalue weighted by Gasteiger charge is -2.42. The zero-order valence-corrected chi connectivity index (χ0v) is 15.6. The molecule has 0 unspecified atom stereocenters. The Morgan fingerprint density at radius 1 is 0.815 bits per heavy atom. The summed E-state index contributed by atoms with van der Waals surface area (Å²) < 4.78 is 0.